The largest absolute Gasteiger partial charge is 0.490 e. The topological polar surface area (TPSA) is 62.3 Å². The third kappa shape index (κ3) is 3.72. The number of hydrogen-bond acceptors (Lipinski definition) is 2. The Bertz CT molecular complexity index is 1020. The second-order valence-electron chi connectivity index (χ2n) is 7.26. The van der Waals surface area contributed by atoms with Crippen molar-refractivity contribution in [2.24, 2.45) is 0 Å². The molecule has 1 heterocycles. The molecule has 3 aromatic rings. The second kappa shape index (κ2) is 7.62. The number of fused-ring (bicyclic) bond motifs is 1. The first kappa shape index (κ1) is 18.5. The molecule has 6 heteroatoms. The predicted octanol–water partition coefficient (Wildman–Crippen LogP) is 5.45. The molecule has 2 aromatic carbocycles. The molecule has 0 aliphatic heterocycles. The van der Waals surface area contributed by atoms with Crippen LogP contribution in [0.3, 0.4) is 0 Å². The highest BCUT2D eigenvalue weighted by atomic mass is 19.1. The number of carboxylic acid groups (broad SMARTS) is 1. The molecule has 28 heavy (non-hydrogen) atoms. The lowest BCUT2D eigenvalue weighted by Gasteiger charge is -2.23. The molecule has 1 fully saturated rings. The highest BCUT2D eigenvalue weighted by Crippen LogP contribution is 2.35. The summed E-state index contributed by atoms with van der Waals surface area (Å²) >= 11 is 0. The van der Waals surface area contributed by atoms with E-state index in [4.69, 9.17) is 4.74 Å². The van der Waals surface area contributed by atoms with Crippen LogP contribution in [0.1, 0.15) is 37.7 Å². The van der Waals surface area contributed by atoms with Crippen LogP contribution >= 0.6 is 0 Å². The van der Waals surface area contributed by atoms with Gasteiger partial charge in [-0.1, -0.05) is 6.42 Å². The van der Waals surface area contributed by atoms with Crippen LogP contribution in [-0.2, 0) is 11.2 Å². The zero-order valence-electron chi connectivity index (χ0n) is 15.3. The summed E-state index contributed by atoms with van der Waals surface area (Å²) in [6, 6.07) is 8.73. The van der Waals surface area contributed by atoms with Crippen LogP contribution in [0.2, 0.25) is 0 Å². The Morgan fingerprint density at radius 2 is 1.89 bits per heavy atom. The first-order valence-corrected chi connectivity index (χ1v) is 9.50. The molecule has 1 saturated carbocycles. The highest BCUT2D eigenvalue weighted by molar-refractivity contribution is 5.94. The number of ether oxygens (including phenoxy) is 1. The third-order valence-corrected chi connectivity index (χ3v) is 5.26. The number of aromatic amines is 1. The van der Waals surface area contributed by atoms with Crippen molar-refractivity contribution in [3.63, 3.8) is 0 Å². The van der Waals surface area contributed by atoms with Gasteiger partial charge in [0.2, 0.25) is 0 Å². The van der Waals surface area contributed by atoms with E-state index in [1.807, 2.05) is 18.2 Å². The predicted molar refractivity (Wildman–Crippen MR) is 102 cm³/mol. The van der Waals surface area contributed by atoms with Gasteiger partial charge in [0.1, 0.15) is 17.4 Å². The average Bonchev–Trinajstić information content (AvgIpc) is 3.00. The molecule has 2 N–H and O–H groups in total. The summed E-state index contributed by atoms with van der Waals surface area (Å²) in [7, 11) is 0. The quantitative estimate of drug-likeness (QED) is 0.614. The molecular formula is C22H21F2NO3. The van der Waals surface area contributed by atoms with Crippen molar-refractivity contribution in [1.82, 2.24) is 4.98 Å². The van der Waals surface area contributed by atoms with Crippen molar-refractivity contribution in [1.29, 1.82) is 0 Å². The number of rotatable bonds is 5. The van der Waals surface area contributed by atoms with E-state index in [0.29, 0.717) is 27.9 Å². The van der Waals surface area contributed by atoms with Gasteiger partial charge in [0, 0.05) is 22.5 Å². The summed E-state index contributed by atoms with van der Waals surface area (Å²) in [6.07, 6.45) is 5.44. The van der Waals surface area contributed by atoms with Gasteiger partial charge >= 0.3 is 5.97 Å². The lowest BCUT2D eigenvalue weighted by Crippen LogP contribution is -2.19. The Balaban J connectivity index is 1.78. The molecule has 1 aromatic heterocycles. The zero-order valence-corrected chi connectivity index (χ0v) is 15.3. The van der Waals surface area contributed by atoms with Gasteiger partial charge in [-0.15, -0.1) is 0 Å². The van der Waals surface area contributed by atoms with Gasteiger partial charge in [0.05, 0.1) is 18.2 Å². The van der Waals surface area contributed by atoms with Gasteiger partial charge in [-0.05, 0) is 61.6 Å². The molecule has 0 bridgehead atoms. The monoisotopic (exact) mass is 385 g/mol. The summed E-state index contributed by atoms with van der Waals surface area (Å²) in [5.41, 5.74) is 1.64. The van der Waals surface area contributed by atoms with E-state index < -0.39 is 17.6 Å². The maximum Gasteiger partial charge on any atom is 0.307 e. The van der Waals surface area contributed by atoms with Crippen LogP contribution in [0.15, 0.2) is 36.4 Å². The van der Waals surface area contributed by atoms with Crippen LogP contribution in [0, 0.1) is 11.6 Å². The SMILES string of the molecule is O=C(O)Cc1c(-c2ccc(F)cc2F)[nH]c2ccc(OC3CCCCC3)cc12. The molecule has 0 atom stereocenters. The van der Waals surface area contributed by atoms with Crippen molar-refractivity contribution < 1.29 is 23.4 Å². The van der Waals surface area contributed by atoms with E-state index in [9.17, 15) is 18.7 Å². The molecule has 0 saturated heterocycles. The maximum absolute atomic E-state index is 14.3. The first-order valence-electron chi connectivity index (χ1n) is 9.50. The van der Waals surface area contributed by atoms with Gasteiger partial charge in [-0.25, -0.2) is 8.78 Å². The molecule has 0 radical (unpaired) electrons. The molecule has 0 unspecified atom stereocenters. The van der Waals surface area contributed by atoms with Crippen LogP contribution in [0.4, 0.5) is 8.78 Å². The van der Waals surface area contributed by atoms with E-state index in [1.54, 1.807) is 0 Å². The van der Waals surface area contributed by atoms with Gasteiger partial charge in [0.25, 0.3) is 0 Å². The van der Waals surface area contributed by atoms with Gasteiger partial charge in [-0.2, -0.15) is 0 Å². The second-order valence-corrected chi connectivity index (χ2v) is 7.26. The number of carbonyl (C=O) groups is 1. The van der Waals surface area contributed by atoms with Crippen LogP contribution in [0.5, 0.6) is 5.75 Å². The summed E-state index contributed by atoms with van der Waals surface area (Å²) in [6.45, 7) is 0. The van der Waals surface area contributed by atoms with Crippen molar-refractivity contribution in [2.45, 2.75) is 44.6 Å². The smallest absolute Gasteiger partial charge is 0.307 e. The van der Waals surface area contributed by atoms with Gasteiger partial charge < -0.3 is 14.8 Å². The highest BCUT2D eigenvalue weighted by Gasteiger charge is 2.20. The first-order chi connectivity index (χ1) is 13.5. The Morgan fingerprint density at radius 3 is 2.61 bits per heavy atom. The van der Waals surface area contributed by atoms with E-state index >= 15 is 0 Å². The lowest BCUT2D eigenvalue weighted by molar-refractivity contribution is -0.136. The third-order valence-electron chi connectivity index (χ3n) is 5.26. The fourth-order valence-corrected chi connectivity index (χ4v) is 3.93. The Kier molecular flexibility index (Phi) is 5.03. The molecule has 0 amide bonds. The molecule has 146 valence electrons. The van der Waals surface area contributed by atoms with Crippen LogP contribution < -0.4 is 4.74 Å². The number of H-pyrrole nitrogens is 1. The minimum Gasteiger partial charge on any atom is -0.490 e. The lowest BCUT2D eigenvalue weighted by atomic mass is 9.97. The molecule has 4 nitrogen and oxygen atoms in total. The number of aliphatic carboxylic acids is 1. The van der Waals surface area contributed by atoms with Crippen molar-refractivity contribution in [2.75, 3.05) is 0 Å². The molecular weight excluding hydrogens is 364 g/mol. The van der Waals surface area contributed by atoms with E-state index in [1.165, 1.54) is 12.5 Å². The Morgan fingerprint density at radius 1 is 1.11 bits per heavy atom. The number of aromatic nitrogens is 1. The average molecular weight is 385 g/mol. The van der Waals surface area contributed by atoms with Crippen molar-refractivity contribution >= 4 is 16.9 Å². The molecule has 0 spiro atoms. The number of hydrogen-bond donors (Lipinski definition) is 2. The van der Waals surface area contributed by atoms with Crippen LogP contribution in [0.25, 0.3) is 22.2 Å². The van der Waals surface area contributed by atoms with Crippen molar-refractivity contribution in [3.8, 4) is 17.0 Å². The fourth-order valence-electron chi connectivity index (χ4n) is 3.93. The summed E-state index contributed by atoms with van der Waals surface area (Å²) in [5.74, 6) is -1.77. The van der Waals surface area contributed by atoms with E-state index in [2.05, 4.69) is 4.98 Å². The molecule has 4 rings (SSSR count). The fraction of sp³-hybridized carbons (Fsp3) is 0.318. The number of nitrogens with one attached hydrogen (secondary N) is 1. The van der Waals surface area contributed by atoms with E-state index in [0.717, 1.165) is 37.8 Å². The standard InChI is InChI=1S/C22H21F2NO3/c23-13-6-8-16(19(24)10-13)22-18(12-21(26)27)17-11-15(7-9-20(17)25-22)28-14-4-2-1-3-5-14/h6-11,14,25H,1-5,12H2,(H,26,27). The minimum atomic E-state index is -1.02. The molecule has 1 aliphatic carbocycles. The summed E-state index contributed by atoms with van der Waals surface area (Å²) < 4.78 is 33.7. The zero-order chi connectivity index (χ0) is 19.7. The van der Waals surface area contributed by atoms with E-state index in [-0.39, 0.29) is 18.1 Å². The Labute approximate surface area is 161 Å². The normalized spacial score (nSPS) is 15.1. The number of carboxylic acids is 1. The summed E-state index contributed by atoms with van der Waals surface area (Å²) in [4.78, 5) is 14.5. The van der Waals surface area contributed by atoms with Gasteiger partial charge in [-0.3, -0.25) is 4.79 Å². The number of benzene rings is 2. The number of halogens is 2. The minimum absolute atomic E-state index is 0.142. The van der Waals surface area contributed by atoms with Gasteiger partial charge in [0.15, 0.2) is 0 Å². The maximum atomic E-state index is 14.3. The van der Waals surface area contributed by atoms with Crippen molar-refractivity contribution in [3.05, 3.63) is 53.6 Å². The molecule has 1 aliphatic rings. The summed E-state index contributed by atoms with van der Waals surface area (Å²) in [5, 5.41) is 10.0. The van der Waals surface area contributed by atoms with Crippen LogP contribution in [-0.4, -0.2) is 22.2 Å². The Hall–Kier alpha value is -2.89.